The molecule has 0 amide bonds. The van der Waals surface area contributed by atoms with Gasteiger partial charge in [0.15, 0.2) is 6.10 Å². The summed E-state index contributed by atoms with van der Waals surface area (Å²) in [7, 11) is 0. The van der Waals surface area contributed by atoms with Gasteiger partial charge in [-0.05, 0) is 135 Å². The largest absolute Gasteiger partial charge is 0.462 e. The van der Waals surface area contributed by atoms with E-state index in [9.17, 15) is 14.4 Å². The Morgan fingerprint density at radius 3 is 0.890 bits per heavy atom. The van der Waals surface area contributed by atoms with Crippen LogP contribution >= 0.6 is 0 Å². The average Bonchev–Trinajstić information content (AvgIpc) is 3.39. The number of hydrogen-bond donors (Lipinski definition) is 0. The molecule has 0 aromatic heterocycles. The van der Waals surface area contributed by atoms with Gasteiger partial charge in [0, 0.05) is 19.3 Å². The van der Waals surface area contributed by atoms with Gasteiger partial charge in [-0.15, -0.1) is 0 Å². The fourth-order valence-corrected chi connectivity index (χ4v) is 7.47. The van der Waals surface area contributed by atoms with E-state index in [1.165, 1.54) is 70.6 Å². The molecule has 0 fully saturated rings. The summed E-state index contributed by atoms with van der Waals surface area (Å²) in [6.07, 6.45) is 85.5. The number of rotatable bonds is 51. The van der Waals surface area contributed by atoms with Crippen molar-refractivity contribution in [1.82, 2.24) is 0 Å². The number of carbonyl (C=O) groups is 3. The third-order valence-electron chi connectivity index (χ3n) is 11.8. The quantitative estimate of drug-likeness (QED) is 0.0261. The molecule has 0 aromatic carbocycles. The van der Waals surface area contributed by atoms with Crippen molar-refractivity contribution in [2.24, 2.45) is 0 Å². The number of allylic oxidation sites excluding steroid dienone is 24. The van der Waals surface area contributed by atoms with Crippen LogP contribution in [0.2, 0.25) is 0 Å². The van der Waals surface area contributed by atoms with Gasteiger partial charge in [-0.2, -0.15) is 0 Å². The SMILES string of the molecule is CC/C=C\C/C=C\C/C=C\C/C=C\C/C=C\CCCCCC(=O)OC[C@H](COC(=O)CCCCCCCCCCC/C=C\C/C=C\CCCCC)OC(=O)CCC/C=C\C/C=C\C/C=C\C/C=C\C/C=C\CC. The summed E-state index contributed by atoms with van der Waals surface area (Å²) >= 11 is 0. The number of carbonyl (C=O) groups excluding carboxylic acids is 3. The van der Waals surface area contributed by atoms with Crippen molar-refractivity contribution in [3.8, 4) is 0 Å². The topological polar surface area (TPSA) is 78.9 Å². The third-order valence-corrected chi connectivity index (χ3v) is 11.8. The molecule has 1 atom stereocenters. The number of ether oxygens (including phenoxy) is 3. The molecule has 0 N–H and O–H groups in total. The minimum atomic E-state index is -0.831. The molecule has 0 spiro atoms. The zero-order valence-electron chi connectivity index (χ0n) is 46.8. The number of hydrogen-bond acceptors (Lipinski definition) is 6. The van der Waals surface area contributed by atoms with Gasteiger partial charge in [-0.25, -0.2) is 0 Å². The molecule has 0 aliphatic rings. The summed E-state index contributed by atoms with van der Waals surface area (Å²) in [5.74, 6) is -1.02. The molecule has 0 unspecified atom stereocenters. The highest BCUT2D eigenvalue weighted by molar-refractivity contribution is 5.71. The Morgan fingerprint density at radius 2 is 0.548 bits per heavy atom. The third kappa shape index (κ3) is 58.1. The van der Waals surface area contributed by atoms with Gasteiger partial charge in [-0.3, -0.25) is 14.4 Å². The van der Waals surface area contributed by atoms with E-state index in [4.69, 9.17) is 14.2 Å². The van der Waals surface area contributed by atoms with Crippen molar-refractivity contribution in [3.05, 3.63) is 146 Å². The normalized spacial score (nSPS) is 13.2. The van der Waals surface area contributed by atoms with Crippen LogP contribution in [0.3, 0.4) is 0 Å². The predicted molar refractivity (Wildman–Crippen MR) is 315 cm³/mol. The van der Waals surface area contributed by atoms with E-state index in [1.807, 2.05) is 0 Å². The first-order valence-electron chi connectivity index (χ1n) is 29.3. The maximum Gasteiger partial charge on any atom is 0.306 e. The molecular weight excluding hydrogens is 901 g/mol. The molecule has 0 rings (SSSR count). The minimum absolute atomic E-state index is 0.119. The molecule has 0 aliphatic carbocycles. The Kier molecular flexibility index (Phi) is 56.0. The lowest BCUT2D eigenvalue weighted by molar-refractivity contribution is -0.167. The zero-order valence-corrected chi connectivity index (χ0v) is 46.8. The second-order valence-electron chi connectivity index (χ2n) is 18.8. The lowest BCUT2D eigenvalue weighted by Gasteiger charge is -2.18. The molecule has 0 heterocycles. The van der Waals surface area contributed by atoms with Crippen molar-refractivity contribution < 1.29 is 28.6 Å². The van der Waals surface area contributed by atoms with Crippen LogP contribution in [0.5, 0.6) is 0 Å². The van der Waals surface area contributed by atoms with E-state index in [1.54, 1.807) is 0 Å². The van der Waals surface area contributed by atoms with Gasteiger partial charge < -0.3 is 14.2 Å². The first-order chi connectivity index (χ1) is 36.0. The van der Waals surface area contributed by atoms with Crippen molar-refractivity contribution in [2.45, 2.75) is 245 Å². The molecule has 6 nitrogen and oxygen atoms in total. The highest BCUT2D eigenvalue weighted by Crippen LogP contribution is 2.13. The summed E-state index contributed by atoms with van der Waals surface area (Å²) in [5, 5.41) is 0. The minimum Gasteiger partial charge on any atom is -0.462 e. The fourth-order valence-electron chi connectivity index (χ4n) is 7.47. The maximum atomic E-state index is 12.9. The van der Waals surface area contributed by atoms with Crippen molar-refractivity contribution in [1.29, 1.82) is 0 Å². The molecule has 0 saturated heterocycles. The van der Waals surface area contributed by atoms with Crippen LogP contribution in [0.4, 0.5) is 0 Å². The highest BCUT2D eigenvalue weighted by Gasteiger charge is 2.19. The lowest BCUT2D eigenvalue weighted by atomic mass is 10.1. The Bertz CT molecular complexity index is 1630. The fraction of sp³-hybridized carbons (Fsp3) is 0.597. The Hall–Kier alpha value is -4.71. The molecule has 0 bridgehead atoms. The molecule has 73 heavy (non-hydrogen) atoms. The van der Waals surface area contributed by atoms with E-state index >= 15 is 0 Å². The second-order valence-corrected chi connectivity index (χ2v) is 18.8. The van der Waals surface area contributed by atoms with Crippen LogP contribution in [-0.4, -0.2) is 37.2 Å². The molecule has 0 saturated carbocycles. The lowest BCUT2D eigenvalue weighted by Crippen LogP contribution is -2.30. The molecule has 0 aliphatic heterocycles. The molecule has 0 aromatic rings. The summed E-state index contributed by atoms with van der Waals surface area (Å²) in [5.41, 5.74) is 0. The number of unbranched alkanes of at least 4 members (excludes halogenated alkanes) is 16. The number of esters is 3. The average molecular weight is 1010 g/mol. The second kappa shape index (κ2) is 59.8. The van der Waals surface area contributed by atoms with E-state index in [0.717, 1.165) is 122 Å². The Balaban J connectivity index is 4.56. The van der Waals surface area contributed by atoms with E-state index < -0.39 is 6.10 Å². The van der Waals surface area contributed by atoms with E-state index in [0.29, 0.717) is 19.3 Å². The zero-order chi connectivity index (χ0) is 52.9. The first-order valence-corrected chi connectivity index (χ1v) is 29.3. The van der Waals surface area contributed by atoms with Gasteiger partial charge in [-0.1, -0.05) is 231 Å². The first kappa shape index (κ1) is 68.3. The van der Waals surface area contributed by atoms with Crippen LogP contribution < -0.4 is 0 Å². The predicted octanol–water partition coefficient (Wildman–Crippen LogP) is 20.0. The van der Waals surface area contributed by atoms with Gasteiger partial charge in [0.05, 0.1) is 0 Å². The Labute approximate surface area is 448 Å². The summed E-state index contributed by atoms with van der Waals surface area (Å²) in [6, 6.07) is 0. The van der Waals surface area contributed by atoms with Crippen LogP contribution in [0.1, 0.15) is 239 Å². The molecular formula is C67H106O6. The highest BCUT2D eigenvalue weighted by atomic mass is 16.6. The van der Waals surface area contributed by atoms with Gasteiger partial charge in [0.2, 0.25) is 0 Å². The summed E-state index contributed by atoms with van der Waals surface area (Å²) in [4.78, 5) is 38.2. The maximum absolute atomic E-state index is 12.9. The Morgan fingerprint density at radius 1 is 0.288 bits per heavy atom. The molecule has 0 radical (unpaired) electrons. The molecule has 410 valence electrons. The van der Waals surface area contributed by atoms with E-state index in [-0.39, 0.29) is 37.5 Å². The van der Waals surface area contributed by atoms with Crippen LogP contribution in [-0.2, 0) is 28.6 Å². The van der Waals surface area contributed by atoms with Crippen molar-refractivity contribution >= 4 is 17.9 Å². The van der Waals surface area contributed by atoms with Crippen molar-refractivity contribution in [2.75, 3.05) is 13.2 Å². The van der Waals surface area contributed by atoms with Crippen LogP contribution in [0.15, 0.2) is 146 Å². The summed E-state index contributed by atoms with van der Waals surface area (Å²) < 4.78 is 16.8. The monoisotopic (exact) mass is 1010 g/mol. The van der Waals surface area contributed by atoms with Crippen molar-refractivity contribution in [3.63, 3.8) is 0 Å². The summed E-state index contributed by atoms with van der Waals surface area (Å²) in [6.45, 7) is 6.30. The van der Waals surface area contributed by atoms with E-state index in [2.05, 4.69) is 167 Å². The van der Waals surface area contributed by atoms with Crippen LogP contribution in [0.25, 0.3) is 0 Å². The standard InChI is InChI=1S/C67H106O6/c1-4-7-10-13-16-19-22-25-28-31-33-36-38-41-44-47-50-53-56-59-65(68)71-62-64(73-67(70)61-58-55-52-49-46-43-40-35-30-27-24-21-18-15-12-9-6-3)63-72-66(69)60-57-54-51-48-45-42-39-37-34-32-29-26-23-20-17-14-11-8-5-2/h7,9-10,12,16-21,25-30,33,36,40-41,43-44,49,52,64H,4-6,8,11,13-15,22-24,31-32,34-35,37-39,42,45-48,50-51,53-63H2,1-3H3/b10-7-,12-9-,19-16-,20-17-,21-18-,28-25-,29-26-,30-27-,36-33-,43-40-,44-41-,52-49-/t64-/m1/s1. The van der Waals surface area contributed by atoms with Gasteiger partial charge in [0.25, 0.3) is 0 Å². The van der Waals surface area contributed by atoms with Crippen LogP contribution in [0, 0.1) is 0 Å². The van der Waals surface area contributed by atoms with Gasteiger partial charge in [0.1, 0.15) is 13.2 Å². The smallest absolute Gasteiger partial charge is 0.306 e. The molecule has 6 heteroatoms. The van der Waals surface area contributed by atoms with Gasteiger partial charge >= 0.3 is 17.9 Å².